The Kier molecular flexibility index (Phi) is 4.89. The monoisotopic (exact) mass is 346 g/mol. The number of rotatable bonds is 5. The third-order valence-electron chi connectivity index (χ3n) is 4.38. The molecule has 5 nitrogen and oxygen atoms in total. The van der Waals surface area contributed by atoms with Crippen LogP contribution in [0, 0.1) is 12.3 Å². The second kappa shape index (κ2) is 7.27. The molecule has 0 aliphatic heterocycles. The lowest BCUT2D eigenvalue weighted by atomic mass is 10.0. The van der Waals surface area contributed by atoms with Gasteiger partial charge in [-0.2, -0.15) is 0 Å². The van der Waals surface area contributed by atoms with Crippen molar-refractivity contribution in [1.82, 2.24) is 4.57 Å². The largest absolute Gasteiger partial charge is 0.398 e. The molecule has 0 fully saturated rings. The Bertz CT molecular complexity index is 980. The number of pyridine rings is 1. The smallest absolute Gasteiger partial charge is 0.253 e. The predicted octanol–water partition coefficient (Wildman–Crippen LogP) is 3.55. The lowest BCUT2D eigenvalue weighted by Crippen LogP contribution is -2.18. The quantitative estimate of drug-likeness (QED) is 0.488. The highest BCUT2D eigenvalue weighted by Gasteiger charge is 2.10. The maximum Gasteiger partial charge on any atom is 0.253 e. The van der Waals surface area contributed by atoms with Crippen molar-refractivity contribution in [2.75, 3.05) is 11.1 Å². The first-order valence-corrected chi connectivity index (χ1v) is 8.39. The highest BCUT2D eigenvalue weighted by molar-refractivity contribution is 5.95. The summed E-state index contributed by atoms with van der Waals surface area (Å²) in [6.45, 7) is 2.44. The van der Waals surface area contributed by atoms with Gasteiger partial charge >= 0.3 is 0 Å². The number of aromatic nitrogens is 1. The van der Waals surface area contributed by atoms with Gasteiger partial charge in [-0.25, -0.2) is 0 Å². The van der Waals surface area contributed by atoms with Gasteiger partial charge in [0.2, 0.25) is 0 Å². The summed E-state index contributed by atoms with van der Waals surface area (Å²) in [6, 6.07) is 15.7. The number of hydrogen-bond donors (Lipinski definition) is 3. The standard InChI is InChI=1S/C21H22N4O/c1-14-8-17(13-25(2)21(14)26)16-9-19(23)18(11-22)20(10-16)24-12-15-6-4-3-5-7-15/h3-11,13,22,24H,12,23H2,1-2H3. The van der Waals surface area contributed by atoms with Crippen LogP contribution in [0.3, 0.4) is 0 Å². The maximum atomic E-state index is 11.9. The van der Waals surface area contributed by atoms with Gasteiger partial charge in [0.1, 0.15) is 0 Å². The van der Waals surface area contributed by atoms with Gasteiger partial charge in [0, 0.05) is 48.5 Å². The van der Waals surface area contributed by atoms with E-state index in [0.717, 1.165) is 22.4 Å². The van der Waals surface area contributed by atoms with E-state index < -0.39 is 0 Å². The fraction of sp³-hybridized carbons (Fsp3) is 0.143. The van der Waals surface area contributed by atoms with Crippen LogP contribution < -0.4 is 16.6 Å². The summed E-state index contributed by atoms with van der Waals surface area (Å²) in [5, 5.41) is 11.1. The van der Waals surface area contributed by atoms with Crippen molar-refractivity contribution in [1.29, 1.82) is 5.41 Å². The van der Waals surface area contributed by atoms with Crippen molar-refractivity contribution in [3.8, 4) is 11.1 Å². The molecule has 3 rings (SSSR count). The molecule has 0 amide bonds. The molecule has 0 saturated carbocycles. The average molecular weight is 346 g/mol. The van der Waals surface area contributed by atoms with Crippen LogP contribution in [-0.4, -0.2) is 10.8 Å². The van der Waals surface area contributed by atoms with Crippen molar-refractivity contribution < 1.29 is 0 Å². The number of nitrogen functional groups attached to an aromatic ring is 1. The van der Waals surface area contributed by atoms with Crippen molar-refractivity contribution in [3.05, 3.63) is 81.8 Å². The summed E-state index contributed by atoms with van der Waals surface area (Å²) in [7, 11) is 1.74. The molecular weight excluding hydrogens is 324 g/mol. The number of nitrogens with zero attached hydrogens (tertiary/aromatic N) is 1. The van der Waals surface area contributed by atoms with Crippen molar-refractivity contribution >= 4 is 17.6 Å². The van der Waals surface area contributed by atoms with Crippen LogP contribution in [0.1, 0.15) is 16.7 Å². The van der Waals surface area contributed by atoms with Gasteiger partial charge < -0.3 is 21.0 Å². The maximum absolute atomic E-state index is 11.9. The second-order valence-corrected chi connectivity index (χ2v) is 6.34. The van der Waals surface area contributed by atoms with Crippen molar-refractivity contribution in [3.63, 3.8) is 0 Å². The van der Waals surface area contributed by atoms with Crippen LogP contribution in [-0.2, 0) is 13.6 Å². The van der Waals surface area contributed by atoms with Gasteiger partial charge in [-0.1, -0.05) is 30.3 Å². The minimum Gasteiger partial charge on any atom is -0.398 e. The first-order valence-electron chi connectivity index (χ1n) is 8.39. The van der Waals surface area contributed by atoms with E-state index in [4.69, 9.17) is 11.1 Å². The van der Waals surface area contributed by atoms with Gasteiger partial charge in [0.15, 0.2) is 0 Å². The minimum absolute atomic E-state index is 0.0136. The molecule has 0 aliphatic rings. The van der Waals surface area contributed by atoms with E-state index in [1.807, 2.05) is 48.5 Å². The first kappa shape index (κ1) is 17.5. The molecule has 0 atom stereocenters. The molecule has 0 saturated heterocycles. The molecule has 0 aliphatic carbocycles. The van der Waals surface area contributed by atoms with Gasteiger partial charge in [0.05, 0.1) is 0 Å². The second-order valence-electron chi connectivity index (χ2n) is 6.34. The fourth-order valence-corrected chi connectivity index (χ4v) is 2.98. The zero-order chi connectivity index (χ0) is 18.7. The lowest BCUT2D eigenvalue weighted by molar-refractivity contribution is 0.851. The SMILES string of the molecule is Cc1cc(-c2cc(N)c(C=N)c(NCc3ccccc3)c2)cn(C)c1=O. The van der Waals surface area contributed by atoms with Crippen LogP contribution in [0.15, 0.2) is 59.5 Å². The Morgan fingerprint density at radius 3 is 2.54 bits per heavy atom. The molecule has 1 heterocycles. The Labute approximate surface area is 152 Å². The van der Waals surface area contributed by atoms with Crippen molar-refractivity contribution in [2.24, 2.45) is 7.05 Å². The van der Waals surface area contributed by atoms with E-state index in [-0.39, 0.29) is 5.56 Å². The van der Waals surface area contributed by atoms with E-state index in [1.165, 1.54) is 6.21 Å². The number of hydrogen-bond acceptors (Lipinski definition) is 4. The molecule has 0 unspecified atom stereocenters. The van der Waals surface area contributed by atoms with E-state index in [9.17, 15) is 4.79 Å². The molecule has 1 aromatic heterocycles. The number of anilines is 2. The third-order valence-corrected chi connectivity index (χ3v) is 4.38. The van der Waals surface area contributed by atoms with E-state index in [2.05, 4.69) is 5.32 Å². The summed E-state index contributed by atoms with van der Waals surface area (Å²) >= 11 is 0. The first-order chi connectivity index (χ1) is 12.5. The molecule has 2 aromatic carbocycles. The van der Waals surface area contributed by atoms with E-state index >= 15 is 0 Å². The topological polar surface area (TPSA) is 83.9 Å². The summed E-state index contributed by atoms with van der Waals surface area (Å²) in [5.74, 6) is 0. The Hall–Kier alpha value is -3.34. The fourth-order valence-electron chi connectivity index (χ4n) is 2.98. The molecule has 0 bridgehead atoms. The van der Waals surface area contributed by atoms with Crippen LogP contribution >= 0.6 is 0 Å². The van der Waals surface area contributed by atoms with Gasteiger partial charge in [0.25, 0.3) is 5.56 Å². The summed E-state index contributed by atoms with van der Waals surface area (Å²) in [5.41, 5.74) is 11.8. The molecular formula is C21H22N4O. The van der Waals surface area contributed by atoms with Crippen LogP contribution in [0.5, 0.6) is 0 Å². The molecule has 5 heteroatoms. The van der Waals surface area contributed by atoms with Crippen LogP contribution in [0.2, 0.25) is 0 Å². The molecule has 132 valence electrons. The number of nitrogens with one attached hydrogen (secondary N) is 2. The van der Waals surface area contributed by atoms with E-state index in [1.54, 1.807) is 24.7 Å². The molecule has 26 heavy (non-hydrogen) atoms. The molecule has 0 radical (unpaired) electrons. The van der Waals surface area contributed by atoms with Crippen LogP contribution in [0.4, 0.5) is 11.4 Å². The molecule has 4 N–H and O–H groups in total. The normalized spacial score (nSPS) is 10.5. The molecule has 0 spiro atoms. The number of benzene rings is 2. The number of aryl methyl sites for hydroxylation is 2. The Balaban J connectivity index is 2.02. The highest BCUT2D eigenvalue weighted by Crippen LogP contribution is 2.30. The number of nitrogens with two attached hydrogens (primary N) is 1. The molecule has 3 aromatic rings. The summed E-state index contributed by atoms with van der Waals surface area (Å²) in [4.78, 5) is 11.9. The van der Waals surface area contributed by atoms with Gasteiger partial charge in [-0.3, -0.25) is 4.79 Å². The highest BCUT2D eigenvalue weighted by atomic mass is 16.1. The Morgan fingerprint density at radius 1 is 1.15 bits per heavy atom. The van der Waals surface area contributed by atoms with Crippen molar-refractivity contribution in [2.45, 2.75) is 13.5 Å². The predicted molar refractivity (Wildman–Crippen MR) is 108 cm³/mol. The zero-order valence-corrected chi connectivity index (χ0v) is 14.9. The van der Waals surface area contributed by atoms with Gasteiger partial charge in [-0.05, 0) is 41.8 Å². The zero-order valence-electron chi connectivity index (χ0n) is 14.9. The summed E-state index contributed by atoms with van der Waals surface area (Å²) in [6.07, 6.45) is 3.06. The van der Waals surface area contributed by atoms with Gasteiger partial charge in [-0.15, -0.1) is 0 Å². The minimum atomic E-state index is -0.0136. The lowest BCUT2D eigenvalue weighted by Gasteiger charge is -2.15. The summed E-state index contributed by atoms with van der Waals surface area (Å²) < 4.78 is 1.57. The average Bonchev–Trinajstić information content (AvgIpc) is 2.64. The van der Waals surface area contributed by atoms with E-state index in [0.29, 0.717) is 23.4 Å². The Morgan fingerprint density at radius 2 is 1.88 bits per heavy atom. The van der Waals surface area contributed by atoms with Crippen LogP contribution in [0.25, 0.3) is 11.1 Å². The third kappa shape index (κ3) is 3.52.